The molecule has 0 spiro atoms. The van der Waals surface area contributed by atoms with Gasteiger partial charge in [0.05, 0.1) is 13.2 Å². The first-order valence-corrected chi connectivity index (χ1v) is 8.71. The normalized spacial score (nSPS) is 11.8. The number of hydrogen-bond acceptors (Lipinski definition) is 4. The lowest BCUT2D eigenvalue weighted by Gasteiger charge is -2.13. The molecule has 0 aromatic heterocycles. The number of carbonyl (C=O) groups excluding carboxylic acids is 2. The molecular weight excluding hydrogens is 282 g/mol. The van der Waals surface area contributed by atoms with Crippen molar-refractivity contribution in [1.29, 1.82) is 0 Å². The number of amides is 1. The van der Waals surface area contributed by atoms with E-state index < -0.39 is 18.1 Å². The molecule has 1 N–H and O–H groups in total. The molecule has 0 aliphatic carbocycles. The highest BCUT2D eigenvalue weighted by Crippen LogP contribution is 2.07. The summed E-state index contributed by atoms with van der Waals surface area (Å²) in [6, 6.07) is -0.668. The van der Waals surface area contributed by atoms with E-state index in [0.29, 0.717) is 13.2 Å². The minimum absolute atomic E-state index is 0.377. The van der Waals surface area contributed by atoms with Crippen molar-refractivity contribution in [3.8, 4) is 0 Å². The quantitative estimate of drug-likeness (QED) is 0.409. The van der Waals surface area contributed by atoms with Gasteiger partial charge in [-0.1, -0.05) is 58.8 Å². The number of alkyl carbamates (subject to hydrolysis) is 1. The lowest BCUT2D eigenvalue weighted by Crippen LogP contribution is -2.40. The lowest BCUT2D eigenvalue weighted by atomic mass is 10.1. The molecule has 0 rings (SSSR count). The first-order chi connectivity index (χ1) is 10.6. The van der Waals surface area contributed by atoms with Crippen molar-refractivity contribution < 1.29 is 19.1 Å². The Kier molecular flexibility index (Phi) is 13.8. The zero-order chi connectivity index (χ0) is 16.6. The molecule has 0 unspecified atom stereocenters. The predicted molar refractivity (Wildman–Crippen MR) is 87.8 cm³/mol. The van der Waals surface area contributed by atoms with Crippen LogP contribution in [0, 0.1) is 0 Å². The van der Waals surface area contributed by atoms with Gasteiger partial charge in [0.2, 0.25) is 0 Å². The van der Waals surface area contributed by atoms with Gasteiger partial charge in [-0.3, -0.25) is 0 Å². The van der Waals surface area contributed by atoms with Gasteiger partial charge in [-0.05, 0) is 19.8 Å². The molecule has 0 aromatic carbocycles. The number of rotatable bonds is 13. The second kappa shape index (κ2) is 14.7. The van der Waals surface area contributed by atoms with Gasteiger partial charge in [0.25, 0.3) is 0 Å². The molecule has 0 aromatic rings. The Morgan fingerprint density at radius 1 is 0.818 bits per heavy atom. The van der Waals surface area contributed by atoms with E-state index in [4.69, 9.17) is 9.47 Å². The lowest BCUT2D eigenvalue weighted by molar-refractivity contribution is -0.145. The van der Waals surface area contributed by atoms with Crippen molar-refractivity contribution in [2.45, 2.75) is 84.6 Å². The summed E-state index contributed by atoms with van der Waals surface area (Å²) in [4.78, 5) is 23.1. The highest BCUT2D eigenvalue weighted by Gasteiger charge is 2.17. The molecule has 5 heteroatoms. The number of ether oxygens (including phenoxy) is 2. The van der Waals surface area contributed by atoms with Crippen LogP contribution in [0.4, 0.5) is 4.79 Å². The third-order valence-corrected chi connectivity index (χ3v) is 3.41. The van der Waals surface area contributed by atoms with Crippen LogP contribution >= 0.6 is 0 Å². The summed E-state index contributed by atoms with van der Waals surface area (Å²) in [6.07, 6.45) is 9.47. The highest BCUT2D eigenvalue weighted by atomic mass is 16.6. The van der Waals surface area contributed by atoms with Crippen molar-refractivity contribution in [3.05, 3.63) is 0 Å². The van der Waals surface area contributed by atoms with Crippen LogP contribution in [-0.2, 0) is 14.3 Å². The minimum Gasteiger partial charge on any atom is -0.464 e. The van der Waals surface area contributed by atoms with E-state index in [1.807, 2.05) is 6.92 Å². The SMILES string of the molecule is CCCCCCCCCOC(=O)[C@H](C)NC(=O)OCCCC. The third-order valence-electron chi connectivity index (χ3n) is 3.41. The molecular formula is C17H33NO4. The van der Waals surface area contributed by atoms with E-state index >= 15 is 0 Å². The summed E-state index contributed by atoms with van der Waals surface area (Å²) in [5.41, 5.74) is 0. The van der Waals surface area contributed by atoms with Gasteiger partial charge in [0.1, 0.15) is 6.04 Å². The van der Waals surface area contributed by atoms with E-state index in [9.17, 15) is 9.59 Å². The molecule has 1 amide bonds. The summed E-state index contributed by atoms with van der Waals surface area (Å²) in [7, 11) is 0. The number of unbranched alkanes of at least 4 members (excludes halogenated alkanes) is 7. The van der Waals surface area contributed by atoms with E-state index in [2.05, 4.69) is 12.2 Å². The first-order valence-electron chi connectivity index (χ1n) is 8.71. The average Bonchev–Trinajstić information content (AvgIpc) is 2.49. The van der Waals surface area contributed by atoms with Gasteiger partial charge in [-0.25, -0.2) is 9.59 Å². The maximum absolute atomic E-state index is 11.7. The Morgan fingerprint density at radius 2 is 1.36 bits per heavy atom. The fourth-order valence-electron chi connectivity index (χ4n) is 1.94. The summed E-state index contributed by atoms with van der Waals surface area (Å²) in [6.45, 7) is 6.62. The van der Waals surface area contributed by atoms with Crippen LogP contribution in [0.15, 0.2) is 0 Å². The van der Waals surface area contributed by atoms with E-state index in [-0.39, 0.29) is 0 Å². The van der Waals surface area contributed by atoms with E-state index in [0.717, 1.165) is 25.7 Å². The monoisotopic (exact) mass is 315 g/mol. The van der Waals surface area contributed by atoms with Crippen LogP contribution in [0.25, 0.3) is 0 Å². The Labute approximate surface area is 135 Å². The molecule has 0 heterocycles. The molecule has 22 heavy (non-hydrogen) atoms. The van der Waals surface area contributed by atoms with Gasteiger partial charge >= 0.3 is 12.1 Å². The Hall–Kier alpha value is -1.26. The Morgan fingerprint density at radius 3 is 2.00 bits per heavy atom. The molecule has 0 fully saturated rings. The molecule has 0 bridgehead atoms. The number of carbonyl (C=O) groups is 2. The van der Waals surface area contributed by atoms with E-state index in [1.165, 1.54) is 32.1 Å². The van der Waals surface area contributed by atoms with Crippen molar-refractivity contribution in [1.82, 2.24) is 5.32 Å². The second-order valence-electron chi connectivity index (χ2n) is 5.64. The van der Waals surface area contributed by atoms with Crippen LogP contribution in [0.3, 0.4) is 0 Å². The molecule has 0 saturated heterocycles. The number of hydrogen-bond donors (Lipinski definition) is 1. The maximum Gasteiger partial charge on any atom is 0.407 e. The molecule has 130 valence electrons. The summed E-state index contributed by atoms with van der Waals surface area (Å²) in [5, 5.41) is 2.48. The second-order valence-corrected chi connectivity index (χ2v) is 5.64. The summed E-state index contributed by atoms with van der Waals surface area (Å²) in [5.74, 6) is -0.404. The van der Waals surface area contributed by atoms with Gasteiger partial charge in [0.15, 0.2) is 0 Å². The predicted octanol–water partition coefficient (Wildman–Crippen LogP) is 4.20. The number of nitrogens with one attached hydrogen (secondary N) is 1. The van der Waals surface area contributed by atoms with Crippen molar-refractivity contribution in [3.63, 3.8) is 0 Å². The van der Waals surface area contributed by atoms with Crippen LogP contribution in [0.1, 0.15) is 78.6 Å². The van der Waals surface area contributed by atoms with Crippen molar-refractivity contribution in [2.75, 3.05) is 13.2 Å². The zero-order valence-electron chi connectivity index (χ0n) is 14.5. The average molecular weight is 315 g/mol. The standard InChI is InChI=1S/C17H33NO4/c1-4-6-8-9-10-11-12-14-21-16(19)15(3)18-17(20)22-13-7-5-2/h15H,4-14H2,1-3H3,(H,18,20)/t15-/m0/s1. The third kappa shape index (κ3) is 12.5. The highest BCUT2D eigenvalue weighted by molar-refractivity contribution is 5.80. The van der Waals surface area contributed by atoms with Crippen LogP contribution < -0.4 is 5.32 Å². The van der Waals surface area contributed by atoms with Crippen molar-refractivity contribution >= 4 is 12.1 Å². The van der Waals surface area contributed by atoms with Gasteiger partial charge in [0, 0.05) is 0 Å². The summed E-state index contributed by atoms with van der Waals surface area (Å²) >= 11 is 0. The fraction of sp³-hybridized carbons (Fsp3) is 0.882. The van der Waals surface area contributed by atoms with Gasteiger partial charge < -0.3 is 14.8 Å². The van der Waals surface area contributed by atoms with Crippen LogP contribution in [0.5, 0.6) is 0 Å². The molecule has 0 aliphatic heterocycles. The number of esters is 1. The maximum atomic E-state index is 11.7. The van der Waals surface area contributed by atoms with Crippen LogP contribution in [-0.4, -0.2) is 31.3 Å². The largest absolute Gasteiger partial charge is 0.464 e. The topological polar surface area (TPSA) is 64.6 Å². The fourth-order valence-corrected chi connectivity index (χ4v) is 1.94. The molecule has 5 nitrogen and oxygen atoms in total. The Bertz CT molecular complexity index is 294. The van der Waals surface area contributed by atoms with Crippen molar-refractivity contribution in [2.24, 2.45) is 0 Å². The molecule has 0 saturated carbocycles. The molecule has 0 aliphatic rings. The molecule has 0 radical (unpaired) electrons. The minimum atomic E-state index is -0.668. The van der Waals surface area contributed by atoms with Crippen LogP contribution in [0.2, 0.25) is 0 Å². The van der Waals surface area contributed by atoms with Gasteiger partial charge in [-0.15, -0.1) is 0 Å². The first kappa shape index (κ1) is 20.7. The molecule has 1 atom stereocenters. The smallest absolute Gasteiger partial charge is 0.407 e. The Balaban J connectivity index is 3.55. The zero-order valence-corrected chi connectivity index (χ0v) is 14.5. The summed E-state index contributed by atoms with van der Waals surface area (Å²) < 4.78 is 10.1. The van der Waals surface area contributed by atoms with Gasteiger partial charge in [-0.2, -0.15) is 0 Å². The van der Waals surface area contributed by atoms with E-state index in [1.54, 1.807) is 6.92 Å².